The van der Waals surface area contributed by atoms with Crippen molar-refractivity contribution < 1.29 is 9.53 Å². The molecule has 24 heavy (non-hydrogen) atoms. The number of Topliss-reactive ketones (excluding diaryl/α,β-unsaturated/α-hetero) is 1. The van der Waals surface area contributed by atoms with Crippen molar-refractivity contribution in [3.8, 4) is 11.8 Å². The first-order valence-electron chi connectivity index (χ1n) is 8.33. The zero-order valence-corrected chi connectivity index (χ0v) is 13.9. The first-order chi connectivity index (χ1) is 11.7. The lowest BCUT2D eigenvalue weighted by molar-refractivity contribution is -0.119. The van der Waals surface area contributed by atoms with Gasteiger partial charge in [0.05, 0.1) is 19.1 Å². The second-order valence-corrected chi connectivity index (χ2v) is 6.38. The number of carbonyl (C=O) groups excluding carboxylic acids is 1. The molecule has 0 saturated heterocycles. The number of hydrogen-bond acceptors (Lipinski definition) is 3. The highest BCUT2D eigenvalue weighted by Crippen LogP contribution is 2.39. The molecule has 0 amide bonds. The van der Waals surface area contributed by atoms with Crippen molar-refractivity contribution in [3.63, 3.8) is 0 Å². The van der Waals surface area contributed by atoms with E-state index >= 15 is 0 Å². The number of ketones is 1. The summed E-state index contributed by atoms with van der Waals surface area (Å²) in [4.78, 5) is 12.4. The number of aryl methyl sites for hydroxylation is 1. The van der Waals surface area contributed by atoms with Gasteiger partial charge in [0, 0.05) is 12.8 Å². The van der Waals surface area contributed by atoms with E-state index in [1.54, 1.807) is 7.11 Å². The van der Waals surface area contributed by atoms with Crippen LogP contribution in [0, 0.1) is 17.2 Å². The summed E-state index contributed by atoms with van der Waals surface area (Å²) in [5, 5.41) is 9.64. The van der Waals surface area contributed by atoms with Crippen molar-refractivity contribution in [2.24, 2.45) is 5.92 Å². The van der Waals surface area contributed by atoms with E-state index in [2.05, 4.69) is 6.07 Å². The summed E-state index contributed by atoms with van der Waals surface area (Å²) in [7, 11) is 1.65. The predicted molar refractivity (Wildman–Crippen MR) is 92.9 cm³/mol. The van der Waals surface area contributed by atoms with Crippen LogP contribution in [-0.2, 0) is 17.6 Å². The molecule has 122 valence electrons. The molecule has 3 heteroatoms. The maximum absolute atomic E-state index is 12.4. The van der Waals surface area contributed by atoms with Crippen LogP contribution >= 0.6 is 0 Å². The number of benzene rings is 2. The van der Waals surface area contributed by atoms with Crippen LogP contribution in [0.3, 0.4) is 0 Å². The third-order valence-electron chi connectivity index (χ3n) is 4.81. The topological polar surface area (TPSA) is 50.1 Å². The van der Waals surface area contributed by atoms with Crippen molar-refractivity contribution in [2.45, 2.75) is 31.6 Å². The Labute approximate surface area is 142 Å². The minimum absolute atomic E-state index is 0.104. The zero-order valence-electron chi connectivity index (χ0n) is 13.9. The third kappa shape index (κ3) is 3.49. The van der Waals surface area contributed by atoms with Gasteiger partial charge in [0.25, 0.3) is 0 Å². The highest BCUT2D eigenvalue weighted by Gasteiger charge is 2.31. The maximum Gasteiger partial charge on any atom is 0.137 e. The number of ether oxygens (including phenoxy) is 1. The third-order valence-corrected chi connectivity index (χ3v) is 4.81. The fraction of sp³-hybridized carbons (Fsp3) is 0.333. The van der Waals surface area contributed by atoms with Crippen LogP contribution in [0.1, 0.15) is 35.4 Å². The van der Waals surface area contributed by atoms with Crippen LogP contribution in [0.15, 0.2) is 48.5 Å². The van der Waals surface area contributed by atoms with Gasteiger partial charge in [-0.3, -0.25) is 4.79 Å². The van der Waals surface area contributed by atoms with Gasteiger partial charge in [-0.2, -0.15) is 5.26 Å². The van der Waals surface area contributed by atoms with Gasteiger partial charge in [0.15, 0.2) is 0 Å². The number of rotatable bonds is 5. The summed E-state index contributed by atoms with van der Waals surface area (Å²) in [6, 6.07) is 18.1. The summed E-state index contributed by atoms with van der Waals surface area (Å²) in [6.45, 7) is 0. The quantitative estimate of drug-likeness (QED) is 0.835. The molecule has 2 atom stereocenters. The van der Waals surface area contributed by atoms with E-state index in [1.807, 2.05) is 48.5 Å². The first kappa shape index (κ1) is 16.3. The lowest BCUT2D eigenvalue weighted by Gasteiger charge is -2.29. The monoisotopic (exact) mass is 319 g/mol. The Balaban J connectivity index is 1.72. The summed E-state index contributed by atoms with van der Waals surface area (Å²) in [5.74, 6) is 0.930. The molecular weight excluding hydrogens is 298 g/mol. The van der Waals surface area contributed by atoms with E-state index in [-0.39, 0.29) is 17.6 Å². The number of fused-ring (bicyclic) bond motifs is 1. The largest absolute Gasteiger partial charge is 0.497 e. The zero-order chi connectivity index (χ0) is 16.9. The van der Waals surface area contributed by atoms with Crippen molar-refractivity contribution in [1.29, 1.82) is 5.26 Å². The van der Waals surface area contributed by atoms with Gasteiger partial charge in [-0.1, -0.05) is 36.4 Å². The molecule has 1 aliphatic rings. The van der Waals surface area contributed by atoms with Gasteiger partial charge in [-0.25, -0.2) is 0 Å². The van der Waals surface area contributed by atoms with E-state index in [9.17, 15) is 10.1 Å². The van der Waals surface area contributed by atoms with Crippen molar-refractivity contribution in [3.05, 3.63) is 65.2 Å². The Kier molecular flexibility index (Phi) is 4.96. The van der Waals surface area contributed by atoms with Crippen LogP contribution < -0.4 is 4.74 Å². The van der Waals surface area contributed by atoms with Crippen LogP contribution in [0.25, 0.3) is 0 Å². The van der Waals surface area contributed by atoms with E-state index < -0.39 is 0 Å². The lowest BCUT2D eigenvalue weighted by Crippen LogP contribution is -2.23. The van der Waals surface area contributed by atoms with Gasteiger partial charge in [-0.05, 0) is 47.6 Å². The maximum atomic E-state index is 12.4. The molecule has 2 unspecified atom stereocenters. The predicted octanol–water partition coefficient (Wildman–Crippen LogP) is 4.07. The second-order valence-electron chi connectivity index (χ2n) is 6.38. The molecule has 2 aromatic rings. The summed E-state index contributed by atoms with van der Waals surface area (Å²) in [5.41, 5.74) is 3.27. The van der Waals surface area contributed by atoms with E-state index in [4.69, 9.17) is 4.74 Å². The molecule has 0 N–H and O–H groups in total. The molecule has 0 saturated carbocycles. The molecule has 0 heterocycles. The number of methoxy groups -OCH3 is 1. The van der Waals surface area contributed by atoms with Gasteiger partial charge < -0.3 is 4.74 Å². The molecule has 0 radical (unpaired) electrons. The normalized spacial score (nSPS) is 19.2. The molecule has 0 aromatic heterocycles. The molecule has 0 aliphatic heterocycles. The minimum Gasteiger partial charge on any atom is -0.497 e. The summed E-state index contributed by atoms with van der Waals surface area (Å²) < 4.78 is 5.27. The molecule has 1 aliphatic carbocycles. The smallest absolute Gasteiger partial charge is 0.137 e. The summed E-state index contributed by atoms with van der Waals surface area (Å²) >= 11 is 0. The number of nitrogens with zero attached hydrogens (tertiary/aromatic N) is 1. The SMILES string of the molecule is COc1ccc2c(c1)CCC(CC(=O)Cc1ccccc1)C2C#N. The van der Waals surface area contributed by atoms with Crippen molar-refractivity contribution >= 4 is 5.78 Å². The van der Waals surface area contributed by atoms with Gasteiger partial charge in [0.1, 0.15) is 11.5 Å². The van der Waals surface area contributed by atoms with Crippen molar-refractivity contribution in [1.82, 2.24) is 0 Å². The Hall–Kier alpha value is -2.60. The standard InChI is InChI=1S/C21H21NO2/c1-24-19-9-10-20-17(13-19)8-7-16(21(20)14-22)12-18(23)11-15-5-3-2-4-6-15/h2-6,9-10,13,16,21H,7-8,11-12H2,1H3. The van der Waals surface area contributed by atoms with Gasteiger partial charge in [0.2, 0.25) is 0 Å². The molecule has 3 nitrogen and oxygen atoms in total. The molecule has 0 fully saturated rings. The van der Waals surface area contributed by atoms with Gasteiger partial charge in [-0.15, -0.1) is 0 Å². The highest BCUT2D eigenvalue weighted by atomic mass is 16.5. The number of hydrogen-bond donors (Lipinski definition) is 0. The highest BCUT2D eigenvalue weighted by molar-refractivity contribution is 5.81. The van der Waals surface area contributed by atoms with Crippen LogP contribution in [-0.4, -0.2) is 12.9 Å². The van der Waals surface area contributed by atoms with Crippen molar-refractivity contribution in [2.75, 3.05) is 7.11 Å². The molecular formula is C21H21NO2. The molecule has 0 spiro atoms. The Morgan fingerprint density at radius 3 is 2.75 bits per heavy atom. The minimum atomic E-state index is -0.209. The van der Waals surface area contributed by atoms with E-state index in [0.717, 1.165) is 29.7 Å². The second kappa shape index (κ2) is 7.31. The van der Waals surface area contributed by atoms with Gasteiger partial charge >= 0.3 is 0 Å². The average Bonchev–Trinajstić information content (AvgIpc) is 2.61. The fourth-order valence-electron chi connectivity index (χ4n) is 3.57. The van der Waals surface area contributed by atoms with Crippen LogP contribution in [0.2, 0.25) is 0 Å². The first-order valence-corrected chi connectivity index (χ1v) is 8.33. The average molecular weight is 319 g/mol. The number of carbonyl (C=O) groups is 1. The molecule has 2 aromatic carbocycles. The lowest BCUT2D eigenvalue weighted by atomic mass is 9.73. The fourth-order valence-corrected chi connectivity index (χ4v) is 3.57. The van der Waals surface area contributed by atoms with E-state index in [1.165, 1.54) is 5.56 Å². The molecule has 3 rings (SSSR count). The summed E-state index contributed by atoms with van der Waals surface area (Å²) in [6.07, 6.45) is 2.69. The molecule has 0 bridgehead atoms. The number of nitriles is 1. The Bertz CT molecular complexity index is 761. The van der Waals surface area contributed by atoms with E-state index in [0.29, 0.717) is 12.8 Å². The Morgan fingerprint density at radius 1 is 1.25 bits per heavy atom. The Morgan fingerprint density at radius 2 is 2.04 bits per heavy atom. The van der Waals surface area contributed by atoms with Crippen LogP contribution in [0.5, 0.6) is 5.75 Å². The van der Waals surface area contributed by atoms with Crippen LogP contribution in [0.4, 0.5) is 0 Å².